The second-order valence-electron chi connectivity index (χ2n) is 13.8. The molecule has 0 aromatic heterocycles. The average molecular weight is 650 g/mol. The molecule has 0 rings (SSSR count). The van der Waals surface area contributed by atoms with Gasteiger partial charge in [0, 0.05) is 6.42 Å². The highest BCUT2D eigenvalue weighted by molar-refractivity contribution is 5.76. The third-order valence-electron chi connectivity index (χ3n) is 9.28. The number of unbranched alkanes of at least 4 members (excludes halogenated alkanes) is 24. The lowest BCUT2D eigenvalue weighted by Crippen LogP contribution is -2.50. The van der Waals surface area contributed by atoms with Crippen LogP contribution in [0.2, 0.25) is 0 Å². The summed E-state index contributed by atoms with van der Waals surface area (Å²) in [4.78, 5) is 12.4. The van der Waals surface area contributed by atoms with Gasteiger partial charge in [-0.2, -0.15) is 0 Å². The van der Waals surface area contributed by atoms with Crippen LogP contribution in [-0.2, 0) is 4.79 Å². The highest BCUT2D eigenvalue weighted by Gasteiger charge is 2.26. The second kappa shape index (κ2) is 36.7. The first kappa shape index (κ1) is 44.8. The molecule has 0 radical (unpaired) electrons. The number of nitrogens with one attached hydrogen (secondary N) is 1. The standard InChI is InChI=1S/C41H79NO4/c1-3-5-7-9-11-13-15-17-19-20-21-22-24-26-28-30-32-34-36-40(45)42-38(37-43)41(46)39(44)35-33-31-29-27-25-23-18-16-14-12-10-8-6-4-2/h21-22,27,29,38-39,41,43-44,46H,3-20,23-26,28,30-37H2,1-2H3,(H,42,45)/b22-21-,29-27+. The van der Waals surface area contributed by atoms with Crippen molar-refractivity contribution in [1.29, 1.82) is 0 Å². The largest absolute Gasteiger partial charge is 0.394 e. The van der Waals surface area contributed by atoms with Crippen molar-refractivity contribution in [3.63, 3.8) is 0 Å². The van der Waals surface area contributed by atoms with Crippen LogP contribution in [0.15, 0.2) is 24.3 Å². The van der Waals surface area contributed by atoms with E-state index in [4.69, 9.17) is 0 Å². The minimum Gasteiger partial charge on any atom is -0.394 e. The predicted octanol–water partition coefficient (Wildman–Crippen LogP) is 11.0. The van der Waals surface area contributed by atoms with E-state index in [1.807, 2.05) is 0 Å². The van der Waals surface area contributed by atoms with E-state index in [0.717, 1.165) is 44.9 Å². The van der Waals surface area contributed by atoms with Gasteiger partial charge >= 0.3 is 0 Å². The number of aliphatic hydroxyl groups excluding tert-OH is 3. The lowest BCUT2D eigenvalue weighted by Gasteiger charge is -2.26. The molecule has 0 aliphatic rings. The first-order chi connectivity index (χ1) is 22.6. The summed E-state index contributed by atoms with van der Waals surface area (Å²) in [6.45, 7) is 4.15. The van der Waals surface area contributed by atoms with Crippen molar-refractivity contribution in [3.8, 4) is 0 Å². The van der Waals surface area contributed by atoms with E-state index in [1.165, 1.54) is 135 Å². The summed E-state index contributed by atoms with van der Waals surface area (Å²) in [6, 6.07) is -0.827. The van der Waals surface area contributed by atoms with Crippen LogP contribution in [-0.4, -0.2) is 46.1 Å². The number of carbonyl (C=O) groups is 1. The monoisotopic (exact) mass is 650 g/mol. The zero-order valence-electron chi connectivity index (χ0n) is 30.7. The molecule has 0 heterocycles. The Bertz CT molecular complexity index is 679. The van der Waals surface area contributed by atoms with Crippen LogP contribution in [0.3, 0.4) is 0 Å². The molecule has 3 unspecified atom stereocenters. The van der Waals surface area contributed by atoms with E-state index in [0.29, 0.717) is 12.8 Å². The van der Waals surface area contributed by atoms with Gasteiger partial charge in [-0.15, -0.1) is 0 Å². The van der Waals surface area contributed by atoms with Crippen molar-refractivity contribution >= 4 is 5.91 Å². The van der Waals surface area contributed by atoms with E-state index in [9.17, 15) is 20.1 Å². The molecule has 0 saturated heterocycles. The normalized spacial score (nSPS) is 13.9. The number of carbonyl (C=O) groups excluding carboxylic acids is 1. The van der Waals surface area contributed by atoms with E-state index < -0.39 is 18.2 Å². The Hall–Kier alpha value is -1.17. The van der Waals surface area contributed by atoms with Gasteiger partial charge in [0.05, 0.1) is 18.8 Å². The van der Waals surface area contributed by atoms with Gasteiger partial charge in [0.2, 0.25) is 5.91 Å². The number of amides is 1. The summed E-state index contributed by atoms with van der Waals surface area (Å²) in [6.07, 6.45) is 42.8. The fraction of sp³-hybridized carbons (Fsp3) is 0.878. The van der Waals surface area contributed by atoms with Gasteiger partial charge in [-0.3, -0.25) is 4.79 Å². The Labute approximate surface area is 286 Å². The molecule has 5 heteroatoms. The highest BCUT2D eigenvalue weighted by Crippen LogP contribution is 2.14. The number of rotatable bonds is 36. The minimum atomic E-state index is -1.16. The molecule has 0 bridgehead atoms. The van der Waals surface area contributed by atoms with E-state index >= 15 is 0 Å². The molecule has 0 spiro atoms. The van der Waals surface area contributed by atoms with Crippen molar-refractivity contribution in [2.45, 2.75) is 225 Å². The molecule has 46 heavy (non-hydrogen) atoms. The molecule has 4 N–H and O–H groups in total. The number of hydrogen-bond acceptors (Lipinski definition) is 4. The molecule has 272 valence electrons. The van der Waals surface area contributed by atoms with Crippen LogP contribution in [0, 0.1) is 0 Å². The Morgan fingerprint density at radius 3 is 1.26 bits per heavy atom. The Morgan fingerprint density at radius 2 is 0.870 bits per heavy atom. The van der Waals surface area contributed by atoms with E-state index in [1.54, 1.807) is 0 Å². The molecule has 0 aliphatic heterocycles. The Balaban J connectivity index is 3.71. The van der Waals surface area contributed by atoms with Crippen LogP contribution < -0.4 is 5.32 Å². The van der Waals surface area contributed by atoms with E-state index in [2.05, 4.69) is 43.5 Å². The van der Waals surface area contributed by atoms with Crippen LogP contribution in [0.1, 0.15) is 206 Å². The van der Waals surface area contributed by atoms with Gasteiger partial charge in [-0.05, 0) is 64.2 Å². The molecule has 0 aromatic rings. The van der Waals surface area contributed by atoms with Crippen molar-refractivity contribution in [2.24, 2.45) is 0 Å². The van der Waals surface area contributed by atoms with Crippen LogP contribution in [0.25, 0.3) is 0 Å². The summed E-state index contributed by atoms with van der Waals surface area (Å²) in [7, 11) is 0. The highest BCUT2D eigenvalue weighted by atomic mass is 16.3. The smallest absolute Gasteiger partial charge is 0.220 e. The van der Waals surface area contributed by atoms with Crippen molar-refractivity contribution in [2.75, 3.05) is 6.61 Å². The van der Waals surface area contributed by atoms with Gasteiger partial charge < -0.3 is 20.6 Å². The quantitative estimate of drug-likeness (QED) is 0.0401. The lowest BCUT2D eigenvalue weighted by molar-refractivity contribution is -0.124. The maximum atomic E-state index is 12.4. The van der Waals surface area contributed by atoms with E-state index in [-0.39, 0.29) is 12.5 Å². The molecular weight excluding hydrogens is 570 g/mol. The molecule has 0 aliphatic carbocycles. The summed E-state index contributed by atoms with van der Waals surface area (Å²) in [5, 5.41) is 33.4. The number of hydrogen-bond donors (Lipinski definition) is 4. The van der Waals surface area contributed by atoms with Gasteiger partial charge in [0.25, 0.3) is 0 Å². The van der Waals surface area contributed by atoms with Gasteiger partial charge in [-0.25, -0.2) is 0 Å². The first-order valence-corrected chi connectivity index (χ1v) is 20.1. The molecule has 3 atom stereocenters. The Morgan fingerprint density at radius 1 is 0.522 bits per heavy atom. The maximum Gasteiger partial charge on any atom is 0.220 e. The molecular formula is C41H79NO4. The van der Waals surface area contributed by atoms with Gasteiger partial charge in [0.1, 0.15) is 6.10 Å². The zero-order valence-corrected chi connectivity index (χ0v) is 30.7. The average Bonchev–Trinajstić information content (AvgIpc) is 3.06. The van der Waals surface area contributed by atoms with Crippen LogP contribution >= 0.6 is 0 Å². The summed E-state index contributed by atoms with van der Waals surface area (Å²) < 4.78 is 0. The number of allylic oxidation sites excluding steroid dienone is 4. The Kier molecular flexibility index (Phi) is 35.7. The second-order valence-corrected chi connectivity index (χ2v) is 13.8. The minimum absolute atomic E-state index is 0.163. The van der Waals surface area contributed by atoms with Crippen molar-refractivity contribution in [1.82, 2.24) is 5.32 Å². The van der Waals surface area contributed by atoms with Crippen LogP contribution in [0.5, 0.6) is 0 Å². The summed E-state index contributed by atoms with van der Waals surface area (Å²) in [5.74, 6) is -0.163. The van der Waals surface area contributed by atoms with Gasteiger partial charge in [0.15, 0.2) is 0 Å². The molecule has 1 amide bonds. The summed E-state index contributed by atoms with van der Waals surface area (Å²) in [5.41, 5.74) is 0. The van der Waals surface area contributed by atoms with Gasteiger partial charge in [-0.1, -0.05) is 160 Å². The molecule has 5 nitrogen and oxygen atoms in total. The number of aliphatic hydroxyl groups is 3. The van der Waals surface area contributed by atoms with Crippen LogP contribution in [0.4, 0.5) is 0 Å². The first-order valence-electron chi connectivity index (χ1n) is 20.1. The van der Waals surface area contributed by atoms with Crippen molar-refractivity contribution in [3.05, 3.63) is 24.3 Å². The topological polar surface area (TPSA) is 89.8 Å². The molecule has 0 saturated carbocycles. The summed E-state index contributed by atoms with van der Waals surface area (Å²) >= 11 is 0. The SMILES string of the molecule is CCCCCCCCCCC/C=C\CCCCCCCC(=O)NC(CO)C(O)C(O)CCC/C=C/CCCCCCCCCCC. The fourth-order valence-corrected chi connectivity index (χ4v) is 6.10. The zero-order chi connectivity index (χ0) is 33.8. The van der Waals surface area contributed by atoms with Crippen molar-refractivity contribution < 1.29 is 20.1 Å². The third kappa shape index (κ3) is 31.4. The maximum absolute atomic E-state index is 12.4. The predicted molar refractivity (Wildman–Crippen MR) is 199 cm³/mol. The third-order valence-corrected chi connectivity index (χ3v) is 9.28. The fourth-order valence-electron chi connectivity index (χ4n) is 6.10. The lowest BCUT2D eigenvalue weighted by atomic mass is 10.0. The molecule has 0 fully saturated rings. The molecule has 0 aromatic carbocycles.